The number of rotatable bonds is 12. The molecule has 0 heterocycles. The van der Waals surface area contributed by atoms with Crippen LogP contribution in [0.1, 0.15) is 50.3 Å². The molecule has 8 nitrogen and oxygen atoms in total. The van der Waals surface area contributed by atoms with Gasteiger partial charge in [0.05, 0.1) is 5.69 Å². The molecule has 2 atom stereocenters. The van der Waals surface area contributed by atoms with Gasteiger partial charge in [-0.2, -0.15) is 12.7 Å². The summed E-state index contributed by atoms with van der Waals surface area (Å²) in [7, 11) is -1.16. The van der Waals surface area contributed by atoms with Crippen LogP contribution >= 0.6 is 11.6 Å². The van der Waals surface area contributed by atoms with Gasteiger partial charge in [-0.25, -0.2) is 4.31 Å². The summed E-state index contributed by atoms with van der Waals surface area (Å²) in [6.07, 6.45) is 1.11. The largest absolute Gasteiger partial charge is 0.352 e. The van der Waals surface area contributed by atoms with Gasteiger partial charge in [-0.15, -0.1) is 0 Å². The third kappa shape index (κ3) is 7.93. The summed E-state index contributed by atoms with van der Waals surface area (Å²) in [5.74, 6) is -0.750. The maximum Gasteiger partial charge on any atom is 0.304 e. The predicted molar refractivity (Wildman–Crippen MR) is 150 cm³/mol. The Bertz CT molecular complexity index is 1190. The second kappa shape index (κ2) is 13.3. The van der Waals surface area contributed by atoms with E-state index in [1.54, 1.807) is 37.3 Å². The SMILES string of the molecule is CC[C@H](C)NC(=O)[C@H](CC)N(Cc1ccc(Cl)cc1)C(=O)CN(c1cc(C)ccc1C)S(=O)(=O)N(C)C. The van der Waals surface area contributed by atoms with Crippen LogP contribution in [0.3, 0.4) is 0 Å². The fourth-order valence-corrected chi connectivity index (χ4v) is 5.08. The topological polar surface area (TPSA) is 90.0 Å². The van der Waals surface area contributed by atoms with E-state index in [2.05, 4.69) is 5.32 Å². The van der Waals surface area contributed by atoms with Gasteiger partial charge in [0.1, 0.15) is 12.6 Å². The average molecular weight is 551 g/mol. The van der Waals surface area contributed by atoms with Crippen LogP contribution in [0, 0.1) is 13.8 Å². The minimum atomic E-state index is -4.01. The second-order valence-corrected chi connectivity index (χ2v) is 12.0. The lowest BCUT2D eigenvalue weighted by Gasteiger charge is -2.34. The van der Waals surface area contributed by atoms with Crippen molar-refractivity contribution < 1.29 is 18.0 Å². The molecule has 0 bridgehead atoms. The lowest BCUT2D eigenvalue weighted by Crippen LogP contribution is -2.54. The number of nitrogens with one attached hydrogen (secondary N) is 1. The molecular formula is C27H39ClN4O4S. The van der Waals surface area contributed by atoms with Crippen molar-refractivity contribution in [1.82, 2.24) is 14.5 Å². The van der Waals surface area contributed by atoms with Gasteiger partial charge in [-0.05, 0) is 68.5 Å². The van der Waals surface area contributed by atoms with Crippen LogP contribution in [0.4, 0.5) is 5.69 Å². The molecule has 204 valence electrons. The Morgan fingerprint density at radius 1 is 1.00 bits per heavy atom. The monoisotopic (exact) mass is 550 g/mol. The molecule has 0 aliphatic rings. The zero-order valence-corrected chi connectivity index (χ0v) is 24.4. The summed E-state index contributed by atoms with van der Waals surface area (Å²) in [4.78, 5) is 28.6. The minimum absolute atomic E-state index is 0.0606. The fourth-order valence-electron chi connectivity index (χ4n) is 3.84. The number of nitrogens with zero attached hydrogens (tertiary/aromatic N) is 3. The zero-order chi connectivity index (χ0) is 27.9. The van der Waals surface area contributed by atoms with E-state index in [-0.39, 0.29) is 18.5 Å². The molecule has 2 rings (SSSR count). The van der Waals surface area contributed by atoms with Gasteiger partial charge in [0.25, 0.3) is 0 Å². The van der Waals surface area contributed by atoms with E-state index in [9.17, 15) is 18.0 Å². The highest BCUT2D eigenvalue weighted by Gasteiger charge is 2.34. The van der Waals surface area contributed by atoms with Crippen molar-refractivity contribution in [2.75, 3.05) is 24.9 Å². The maximum atomic E-state index is 13.9. The predicted octanol–water partition coefficient (Wildman–Crippen LogP) is 4.29. The first-order valence-electron chi connectivity index (χ1n) is 12.4. The average Bonchev–Trinajstić information content (AvgIpc) is 2.84. The van der Waals surface area contributed by atoms with E-state index in [0.717, 1.165) is 31.7 Å². The molecule has 2 aromatic carbocycles. The number of amides is 2. The quantitative estimate of drug-likeness (QED) is 0.427. The van der Waals surface area contributed by atoms with E-state index < -0.39 is 28.7 Å². The number of benzene rings is 2. The number of halogens is 1. The summed E-state index contributed by atoms with van der Waals surface area (Å²) in [6, 6.07) is 11.7. The molecule has 0 aliphatic heterocycles. The van der Waals surface area contributed by atoms with E-state index in [4.69, 9.17) is 11.6 Å². The van der Waals surface area contributed by atoms with Crippen molar-refractivity contribution in [2.45, 2.75) is 66.1 Å². The first-order chi connectivity index (χ1) is 17.3. The first kappa shape index (κ1) is 30.6. The molecule has 0 fully saturated rings. The van der Waals surface area contributed by atoms with Crippen molar-refractivity contribution in [2.24, 2.45) is 0 Å². The molecule has 0 saturated carbocycles. The van der Waals surface area contributed by atoms with E-state index in [1.165, 1.54) is 19.0 Å². The van der Waals surface area contributed by atoms with Crippen molar-refractivity contribution in [1.29, 1.82) is 0 Å². The number of hydrogen-bond donors (Lipinski definition) is 1. The number of carbonyl (C=O) groups is 2. The summed E-state index contributed by atoms with van der Waals surface area (Å²) in [6.45, 7) is 9.05. The van der Waals surface area contributed by atoms with Crippen LogP contribution in [0.15, 0.2) is 42.5 Å². The molecule has 0 radical (unpaired) electrons. The van der Waals surface area contributed by atoms with Gasteiger partial charge < -0.3 is 10.2 Å². The second-order valence-electron chi connectivity index (χ2n) is 9.48. The number of anilines is 1. The van der Waals surface area contributed by atoms with Gasteiger partial charge in [0.15, 0.2) is 0 Å². The van der Waals surface area contributed by atoms with Crippen LogP contribution < -0.4 is 9.62 Å². The molecule has 37 heavy (non-hydrogen) atoms. The molecule has 0 aromatic heterocycles. The Labute approximate surface area is 226 Å². The molecule has 0 unspecified atom stereocenters. The highest BCUT2D eigenvalue weighted by atomic mass is 35.5. The molecule has 1 N–H and O–H groups in total. The Morgan fingerprint density at radius 3 is 2.16 bits per heavy atom. The summed E-state index contributed by atoms with van der Waals surface area (Å²) in [5.41, 5.74) is 2.78. The lowest BCUT2D eigenvalue weighted by atomic mass is 10.1. The first-order valence-corrected chi connectivity index (χ1v) is 14.2. The van der Waals surface area contributed by atoms with Crippen LogP contribution in [-0.4, -0.2) is 62.2 Å². The Balaban J connectivity index is 2.55. The van der Waals surface area contributed by atoms with Crippen LogP contribution in [-0.2, 0) is 26.3 Å². The number of aryl methyl sites for hydroxylation is 2. The molecule has 2 aromatic rings. The van der Waals surface area contributed by atoms with E-state index >= 15 is 0 Å². The van der Waals surface area contributed by atoms with Gasteiger partial charge in [0, 0.05) is 31.7 Å². The maximum absolute atomic E-state index is 13.9. The van der Waals surface area contributed by atoms with E-state index in [1.807, 2.05) is 39.8 Å². The Kier molecular flexibility index (Phi) is 11.0. The molecule has 0 spiro atoms. The van der Waals surface area contributed by atoms with Crippen LogP contribution in [0.2, 0.25) is 5.02 Å². The molecule has 2 amide bonds. The third-order valence-electron chi connectivity index (χ3n) is 6.31. The van der Waals surface area contributed by atoms with Crippen LogP contribution in [0.5, 0.6) is 0 Å². The number of hydrogen-bond acceptors (Lipinski definition) is 4. The van der Waals surface area contributed by atoms with Gasteiger partial charge in [0.2, 0.25) is 11.8 Å². The number of carbonyl (C=O) groups excluding carboxylic acids is 2. The van der Waals surface area contributed by atoms with Crippen molar-refractivity contribution in [3.8, 4) is 0 Å². The van der Waals surface area contributed by atoms with Crippen molar-refractivity contribution in [3.63, 3.8) is 0 Å². The smallest absolute Gasteiger partial charge is 0.304 e. The van der Waals surface area contributed by atoms with Crippen molar-refractivity contribution in [3.05, 3.63) is 64.2 Å². The molecule has 0 aliphatic carbocycles. The van der Waals surface area contributed by atoms with Crippen molar-refractivity contribution >= 4 is 39.3 Å². The van der Waals surface area contributed by atoms with Gasteiger partial charge >= 0.3 is 10.2 Å². The van der Waals surface area contributed by atoms with Gasteiger partial charge in [-0.3, -0.25) is 9.59 Å². The molecular weight excluding hydrogens is 512 g/mol. The summed E-state index contributed by atoms with van der Waals surface area (Å²) >= 11 is 6.05. The lowest BCUT2D eigenvalue weighted by molar-refractivity contribution is -0.140. The highest BCUT2D eigenvalue weighted by molar-refractivity contribution is 7.90. The third-order valence-corrected chi connectivity index (χ3v) is 8.36. The summed E-state index contributed by atoms with van der Waals surface area (Å²) < 4.78 is 29.0. The normalized spacial score (nSPS) is 13.2. The standard InChI is InChI=1S/C27H39ClN4O4S/c1-8-21(5)29-27(34)24(9-2)31(17-22-12-14-23(28)15-13-22)26(33)18-32(37(35,36)30(6)7)25-16-19(3)10-11-20(25)4/h10-16,21,24H,8-9,17-18H2,1-7H3,(H,29,34)/t21-,24-/m0/s1. The fraction of sp³-hybridized carbons (Fsp3) is 0.481. The summed E-state index contributed by atoms with van der Waals surface area (Å²) in [5, 5.41) is 3.52. The van der Waals surface area contributed by atoms with Crippen LogP contribution in [0.25, 0.3) is 0 Å². The minimum Gasteiger partial charge on any atom is -0.352 e. The zero-order valence-electron chi connectivity index (χ0n) is 22.8. The highest BCUT2D eigenvalue weighted by Crippen LogP contribution is 2.26. The molecule has 0 saturated heterocycles. The van der Waals surface area contributed by atoms with E-state index in [0.29, 0.717) is 17.1 Å². The molecule has 10 heteroatoms. The Morgan fingerprint density at radius 2 is 1.62 bits per heavy atom. The Hall–Kier alpha value is -2.62. The van der Waals surface area contributed by atoms with Gasteiger partial charge in [-0.1, -0.05) is 49.7 Å².